The fourth-order valence-electron chi connectivity index (χ4n) is 2.81. The number of nitrogens with one attached hydrogen (secondary N) is 1. The summed E-state index contributed by atoms with van der Waals surface area (Å²) < 4.78 is 3.43. The third-order valence-electron chi connectivity index (χ3n) is 4.21. The molecule has 0 fully saturated rings. The number of hydrogen-bond acceptors (Lipinski definition) is 5. The van der Waals surface area contributed by atoms with Crippen molar-refractivity contribution >= 4 is 40.3 Å². The van der Waals surface area contributed by atoms with E-state index in [1.54, 1.807) is 6.21 Å². The number of nitrogens with zero attached hydrogens (tertiary/aromatic N) is 4. The molecule has 1 N–H and O–H groups in total. The van der Waals surface area contributed by atoms with E-state index in [1.165, 1.54) is 27.5 Å². The van der Waals surface area contributed by atoms with Gasteiger partial charge in [-0.25, -0.2) is 4.98 Å². The molecule has 0 saturated heterocycles. The summed E-state index contributed by atoms with van der Waals surface area (Å²) in [5.41, 5.74) is 8.28. The van der Waals surface area contributed by atoms with Gasteiger partial charge in [-0.3, -0.25) is 15.5 Å². The second-order valence-electron chi connectivity index (χ2n) is 6.12. The predicted octanol–water partition coefficient (Wildman–Crippen LogP) is 4.76. The normalized spacial score (nSPS) is 11.1. The molecule has 0 saturated carbocycles. The van der Waals surface area contributed by atoms with Gasteiger partial charge < -0.3 is 4.57 Å². The fraction of sp³-hybridized carbons (Fsp3) is 0.158. The molecule has 0 bridgehead atoms. The molecule has 27 heavy (non-hydrogen) atoms. The number of anilines is 1. The van der Waals surface area contributed by atoms with E-state index in [9.17, 15) is 10.1 Å². The van der Waals surface area contributed by atoms with Crippen molar-refractivity contribution in [3.8, 4) is 5.69 Å². The quantitative estimate of drug-likeness (QED) is 0.250. The lowest BCUT2D eigenvalue weighted by molar-refractivity contribution is -0.385. The van der Waals surface area contributed by atoms with E-state index in [2.05, 4.69) is 80.8 Å². The van der Waals surface area contributed by atoms with Gasteiger partial charge in [-0.05, 0) is 79.3 Å². The zero-order valence-electron chi connectivity index (χ0n) is 15.1. The second kappa shape index (κ2) is 7.87. The van der Waals surface area contributed by atoms with Crippen LogP contribution in [0.1, 0.15) is 22.5 Å². The van der Waals surface area contributed by atoms with Gasteiger partial charge in [0.05, 0.1) is 11.1 Å². The van der Waals surface area contributed by atoms with Crippen molar-refractivity contribution in [2.45, 2.75) is 20.8 Å². The number of hydrazone groups is 1. The topological polar surface area (TPSA) is 85.3 Å². The van der Waals surface area contributed by atoms with Gasteiger partial charge in [-0.2, -0.15) is 5.10 Å². The molecule has 8 heteroatoms. The fourth-order valence-corrected chi connectivity index (χ4v) is 3.15. The summed E-state index contributed by atoms with van der Waals surface area (Å²) in [6, 6.07) is 11.4. The summed E-state index contributed by atoms with van der Waals surface area (Å²) in [5.74, 6) is 0.443. The highest BCUT2D eigenvalue weighted by atomic mass is 127. The molecule has 0 radical (unpaired) electrons. The summed E-state index contributed by atoms with van der Waals surface area (Å²) in [5, 5.41) is 14.9. The zero-order valence-corrected chi connectivity index (χ0v) is 17.3. The molecule has 138 valence electrons. The molecule has 0 aliphatic rings. The lowest BCUT2D eigenvalue weighted by atomic mass is 10.2. The van der Waals surface area contributed by atoms with E-state index >= 15 is 0 Å². The van der Waals surface area contributed by atoms with Crippen LogP contribution in [-0.4, -0.2) is 20.7 Å². The molecule has 0 spiro atoms. The van der Waals surface area contributed by atoms with Crippen LogP contribution in [0.15, 0.2) is 47.7 Å². The maximum Gasteiger partial charge on any atom is 0.287 e. The van der Waals surface area contributed by atoms with Crippen LogP contribution in [0.2, 0.25) is 0 Å². The van der Waals surface area contributed by atoms with Crippen LogP contribution in [0, 0.1) is 34.5 Å². The SMILES string of the molecule is Cc1cc(-n2c(C)cc(/C=N\Nc3ccc([N+](=O)[O-])cn3)c2C)ccc1I. The third-order valence-corrected chi connectivity index (χ3v) is 5.42. The van der Waals surface area contributed by atoms with Gasteiger partial charge in [0, 0.05) is 32.3 Å². The number of benzene rings is 1. The Morgan fingerprint density at radius 1 is 1.22 bits per heavy atom. The van der Waals surface area contributed by atoms with Crippen LogP contribution in [-0.2, 0) is 0 Å². The number of aromatic nitrogens is 2. The highest BCUT2D eigenvalue weighted by Gasteiger charge is 2.10. The summed E-state index contributed by atoms with van der Waals surface area (Å²) in [6.45, 7) is 6.21. The second-order valence-corrected chi connectivity index (χ2v) is 7.29. The van der Waals surface area contributed by atoms with Crippen molar-refractivity contribution in [1.29, 1.82) is 0 Å². The molecule has 2 heterocycles. The number of aryl methyl sites for hydroxylation is 2. The van der Waals surface area contributed by atoms with Crippen molar-refractivity contribution in [3.05, 3.63) is 78.8 Å². The molecule has 3 aromatic rings. The highest BCUT2D eigenvalue weighted by molar-refractivity contribution is 14.1. The number of rotatable bonds is 5. The monoisotopic (exact) mass is 475 g/mol. The molecule has 7 nitrogen and oxygen atoms in total. The van der Waals surface area contributed by atoms with E-state index in [0.717, 1.165) is 22.6 Å². The molecule has 0 amide bonds. The van der Waals surface area contributed by atoms with E-state index in [1.807, 2.05) is 6.92 Å². The number of halogens is 1. The summed E-state index contributed by atoms with van der Waals surface area (Å²) in [6.07, 6.45) is 2.92. The van der Waals surface area contributed by atoms with Crippen LogP contribution in [0.3, 0.4) is 0 Å². The van der Waals surface area contributed by atoms with Crippen LogP contribution in [0.25, 0.3) is 5.69 Å². The largest absolute Gasteiger partial charge is 0.318 e. The predicted molar refractivity (Wildman–Crippen MR) is 115 cm³/mol. The minimum Gasteiger partial charge on any atom is -0.318 e. The van der Waals surface area contributed by atoms with Crippen molar-refractivity contribution < 1.29 is 4.92 Å². The van der Waals surface area contributed by atoms with Gasteiger partial charge in [0.15, 0.2) is 0 Å². The summed E-state index contributed by atoms with van der Waals surface area (Å²) in [4.78, 5) is 14.1. The van der Waals surface area contributed by atoms with Crippen LogP contribution in [0.5, 0.6) is 0 Å². The van der Waals surface area contributed by atoms with Crippen LogP contribution < -0.4 is 5.43 Å². The molecule has 0 unspecified atom stereocenters. The van der Waals surface area contributed by atoms with Crippen LogP contribution >= 0.6 is 22.6 Å². The summed E-state index contributed by atoms with van der Waals surface area (Å²) in [7, 11) is 0. The Morgan fingerprint density at radius 3 is 2.63 bits per heavy atom. The van der Waals surface area contributed by atoms with E-state index in [4.69, 9.17) is 0 Å². The van der Waals surface area contributed by atoms with E-state index < -0.39 is 4.92 Å². The Balaban J connectivity index is 1.80. The van der Waals surface area contributed by atoms with Crippen molar-refractivity contribution in [2.75, 3.05) is 5.43 Å². The molecule has 0 aliphatic carbocycles. The van der Waals surface area contributed by atoms with E-state index in [-0.39, 0.29) is 5.69 Å². The molecule has 2 aromatic heterocycles. The number of nitro groups is 1. The number of pyridine rings is 1. The first-order valence-electron chi connectivity index (χ1n) is 8.22. The minimum absolute atomic E-state index is 0.0547. The first-order chi connectivity index (χ1) is 12.9. The zero-order chi connectivity index (χ0) is 19.6. The maximum absolute atomic E-state index is 10.7. The Labute approximate surface area is 170 Å². The maximum atomic E-state index is 10.7. The van der Waals surface area contributed by atoms with Crippen molar-refractivity contribution in [1.82, 2.24) is 9.55 Å². The first-order valence-corrected chi connectivity index (χ1v) is 9.29. The van der Waals surface area contributed by atoms with Crippen molar-refractivity contribution in [2.24, 2.45) is 5.10 Å². The third kappa shape index (κ3) is 4.16. The Bertz CT molecular complexity index is 1030. The molecule has 1 aromatic carbocycles. The average Bonchev–Trinajstić information content (AvgIpc) is 2.92. The van der Waals surface area contributed by atoms with Gasteiger partial charge in [0.1, 0.15) is 12.0 Å². The van der Waals surface area contributed by atoms with Gasteiger partial charge >= 0.3 is 0 Å². The minimum atomic E-state index is -0.485. The molecular weight excluding hydrogens is 457 g/mol. The van der Waals surface area contributed by atoms with Gasteiger partial charge in [0.2, 0.25) is 0 Å². The molecule has 3 rings (SSSR count). The average molecular weight is 475 g/mol. The number of hydrogen-bond donors (Lipinski definition) is 1. The van der Waals surface area contributed by atoms with Gasteiger partial charge in [0.25, 0.3) is 5.69 Å². The van der Waals surface area contributed by atoms with Crippen LogP contribution in [0.4, 0.5) is 11.5 Å². The van der Waals surface area contributed by atoms with Gasteiger partial charge in [-0.15, -0.1) is 0 Å². The van der Waals surface area contributed by atoms with E-state index in [0.29, 0.717) is 5.82 Å². The first kappa shape index (κ1) is 19.0. The Hall–Kier alpha value is -2.75. The van der Waals surface area contributed by atoms with Gasteiger partial charge in [-0.1, -0.05) is 0 Å². The lowest BCUT2D eigenvalue weighted by Gasteiger charge is -2.11. The Kier molecular flexibility index (Phi) is 5.54. The standard InChI is InChI=1S/C19H18IN5O2/c1-12-8-16(4-6-18(12)20)24-13(2)9-15(14(24)3)10-22-23-19-7-5-17(11-21-19)25(26)27/h4-11H,1-3H3,(H,21,23)/b22-10-. The smallest absolute Gasteiger partial charge is 0.287 e. The lowest BCUT2D eigenvalue weighted by Crippen LogP contribution is -2.01. The molecule has 0 aliphatic heterocycles. The molecule has 0 atom stereocenters. The van der Waals surface area contributed by atoms with Crippen molar-refractivity contribution in [3.63, 3.8) is 0 Å². The highest BCUT2D eigenvalue weighted by Crippen LogP contribution is 2.22. The summed E-state index contributed by atoms with van der Waals surface area (Å²) >= 11 is 2.33. The molecular formula is C19H18IN5O2. The Morgan fingerprint density at radius 2 is 2.00 bits per heavy atom.